The van der Waals surface area contributed by atoms with Crippen molar-refractivity contribution >= 4 is 38.9 Å². The molecule has 3 rings (SSSR count). The minimum Gasteiger partial charge on any atom is -0.479 e. The van der Waals surface area contributed by atoms with Crippen molar-refractivity contribution in [3.05, 3.63) is 47.0 Å². The molecule has 0 spiro atoms. The number of nitrogens with one attached hydrogen (secondary N) is 2. The van der Waals surface area contributed by atoms with E-state index in [1.54, 1.807) is 19.1 Å². The van der Waals surface area contributed by atoms with Gasteiger partial charge in [-0.15, -0.1) is 0 Å². The van der Waals surface area contributed by atoms with Gasteiger partial charge in [0, 0.05) is 11.8 Å². The summed E-state index contributed by atoms with van der Waals surface area (Å²) in [5.74, 6) is -0.0495. The van der Waals surface area contributed by atoms with E-state index in [0.29, 0.717) is 11.4 Å². The summed E-state index contributed by atoms with van der Waals surface area (Å²) in [6, 6.07) is 9.79. The second kappa shape index (κ2) is 6.57. The number of carbonyl (C=O) groups is 1. The van der Waals surface area contributed by atoms with Crippen molar-refractivity contribution in [1.82, 2.24) is 0 Å². The molecule has 0 aliphatic carbocycles. The summed E-state index contributed by atoms with van der Waals surface area (Å²) in [4.78, 5) is 11.5. The van der Waals surface area contributed by atoms with Crippen molar-refractivity contribution in [2.75, 3.05) is 10.0 Å². The highest BCUT2D eigenvalue weighted by molar-refractivity contribution is 7.92. The molecule has 0 saturated carbocycles. The first kappa shape index (κ1) is 17.6. The van der Waals surface area contributed by atoms with Gasteiger partial charge in [0.05, 0.1) is 10.7 Å². The van der Waals surface area contributed by atoms with Gasteiger partial charge in [0.15, 0.2) is 6.10 Å². The van der Waals surface area contributed by atoms with Crippen molar-refractivity contribution in [2.24, 2.45) is 0 Å². The lowest BCUT2D eigenvalue weighted by Crippen LogP contribution is -2.34. The third-order valence-corrected chi connectivity index (χ3v) is 5.71. The maximum absolute atomic E-state index is 12.7. The van der Waals surface area contributed by atoms with E-state index >= 15 is 0 Å². The molecule has 0 radical (unpaired) electrons. The van der Waals surface area contributed by atoms with Gasteiger partial charge in [-0.3, -0.25) is 9.52 Å². The van der Waals surface area contributed by atoms with E-state index in [1.807, 2.05) is 19.1 Å². The van der Waals surface area contributed by atoms with Crippen LogP contribution in [0.3, 0.4) is 0 Å². The molecule has 1 atom stereocenters. The zero-order valence-electron chi connectivity index (χ0n) is 13.7. The lowest BCUT2D eigenvalue weighted by atomic mass is 10.2. The van der Waals surface area contributed by atoms with Crippen LogP contribution >= 0.6 is 11.6 Å². The Morgan fingerprint density at radius 2 is 1.92 bits per heavy atom. The fourth-order valence-corrected chi connectivity index (χ4v) is 4.04. The minimum absolute atomic E-state index is 0.00474. The number of aryl methyl sites for hydroxylation is 1. The highest BCUT2D eigenvalue weighted by Crippen LogP contribution is 2.37. The van der Waals surface area contributed by atoms with E-state index in [1.165, 1.54) is 12.1 Å². The van der Waals surface area contributed by atoms with Crippen LogP contribution in [0.2, 0.25) is 5.02 Å². The number of hydrogen-bond donors (Lipinski definition) is 2. The molecule has 1 heterocycles. The molecule has 8 heteroatoms. The fourth-order valence-electron chi connectivity index (χ4n) is 2.43. The minimum atomic E-state index is -3.90. The summed E-state index contributed by atoms with van der Waals surface area (Å²) in [6.07, 6.45) is 0.157. The van der Waals surface area contributed by atoms with Crippen molar-refractivity contribution in [1.29, 1.82) is 0 Å². The molecule has 132 valence electrons. The van der Waals surface area contributed by atoms with Crippen molar-refractivity contribution < 1.29 is 17.9 Å². The molecule has 25 heavy (non-hydrogen) atoms. The average Bonchev–Trinajstić information content (AvgIpc) is 2.56. The Kier molecular flexibility index (Phi) is 4.62. The second-order valence-electron chi connectivity index (χ2n) is 5.68. The Bertz CT molecular complexity index is 926. The number of benzene rings is 2. The number of rotatable bonds is 4. The highest BCUT2D eigenvalue weighted by atomic mass is 35.5. The van der Waals surface area contributed by atoms with Crippen LogP contribution in [0.5, 0.6) is 5.75 Å². The lowest BCUT2D eigenvalue weighted by Gasteiger charge is -2.24. The SMILES string of the molecule is CCc1ccc(NS(=O)(=O)c2cc3c(cc2Cl)NC(=O)C(C)O3)cc1. The Labute approximate surface area is 151 Å². The summed E-state index contributed by atoms with van der Waals surface area (Å²) in [7, 11) is -3.90. The molecule has 1 aliphatic rings. The third kappa shape index (κ3) is 3.57. The topological polar surface area (TPSA) is 84.5 Å². The summed E-state index contributed by atoms with van der Waals surface area (Å²) in [6.45, 7) is 3.60. The predicted octanol–water partition coefficient (Wildman–Crippen LogP) is 3.42. The van der Waals surface area contributed by atoms with Gasteiger partial charge in [-0.05, 0) is 37.1 Å². The van der Waals surface area contributed by atoms with Gasteiger partial charge < -0.3 is 10.1 Å². The second-order valence-corrected chi connectivity index (χ2v) is 7.74. The van der Waals surface area contributed by atoms with Gasteiger partial charge in [-0.1, -0.05) is 30.7 Å². The third-order valence-electron chi connectivity index (χ3n) is 3.87. The first-order valence-corrected chi connectivity index (χ1v) is 9.59. The van der Waals surface area contributed by atoms with Crippen LogP contribution in [-0.4, -0.2) is 20.4 Å². The Balaban J connectivity index is 1.94. The normalized spacial score (nSPS) is 16.6. The lowest BCUT2D eigenvalue weighted by molar-refractivity contribution is -0.122. The summed E-state index contributed by atoms with van der Waals surface area (Å²) in [5.41, 5.74) is 1.89. The first-order valence-electron chi connectivity index (χ1n) is 7.73. The number of halogens is 1. The standard InChI is InChI=1S/C17H17ClN2O4S/c1-3-11-4-6-12(7-5-11)20-25(22,23)16-9-15-14(8-13(16)18)19-17(21)10(2)24-15/h4-10,20H,3H2,1-2H3,(H,19,21). The van der Waals surface area contributed by atoms with Gasteiger partial charge in [0.2, 0.25) is 0 Å². The van der Waals surface area contributed by atoms with Gasteiger partial charge in [-0.2, -0.15) is 0 Å². The summed E-state index contributed by atoms with van der Waals surface area (Å²) >= 11 is 6.12. The van der Waals surface area contributed by atoms with Crippen molar-refractivity contribution in [2.45, 2.75) is 31.3 Å². The molecule has 0 bridgehead atoms. The number of fused-ring (bicyclic) bond motifs is 1. The largest absolute Gasteiger partial charge is 0.479 e. The zero-order chi connectivity index (χ0) is 18.2. The van der Waals surface area contributed by atoms with Gasteiger partial charge in [0.25, 0.3) is 15.9 Å². The van der Waals surface area contributed by atoms with Gasteiger partial charge in [0.1, 0.15) is 10.6 Å². The number of ether oxygens (including phenoxy) is 1. The molecule has 6 nitrogen and oxygen atoms in total. The smallest absolute Gasteiger partial charge is 0.265 e. The van der Waals surface area contributed by atoms with Crippen LogP contribution in [-0.2, 0) is 21.2 Å². The summed E-state index contributed by atoms with van der Waals surface area (Å²) in [5, 5.41) is 2.62. The average molecular weight is 381 g/mol. The Hall–Kier alpha value is -2.25. The summed E-state index contributed by atoms with van der Waals surface area (Å²) < 4.78 is 33.3. The molecule has 0 fully saturated rings. The predicted molar refractivity (Wildman–Crippen MR) is 96.8 cm³/mol. The zero-order valence-corrected chi connectivity index (χ0v) is 15.2. The van der Waals surface area contributed by atoms with Gasteiger partial charge >= 0.3 is 0 Å². The van der Waals surface area contributed by atoms with E-state index in [4.69, 9.17) is 16.3 Å². The van der Waals surface area contributed by atoms with Crippen LogP contribution in [0, 0.1) is 0 Å². The number of anilines is 2. The molecule has 0 saturated heterocycles. The molecule has 2 N–H and O–H groups in total. The molecular formula is C17H17ClN2O4S. The van der Waals surface area contributed by atoms with Crippen LogP contribution in [0.15, 0.2) is 41.3 Å². The molecule has 0 aromatic heterocycles. The quantitative estimate of drug-likeness (QED) is 0.851. The van der Waals surface area contributed by atoms with Crippen LogP contribution in [0.4, 0.5) is 11.4 Å². The number of hydrogen-bond acceptors (Lipinski definition) is 4. The Morgan fingerprint density at radius 1 is 1.24 bits per heavy atom. The number of sulfonamides is 1. The van der Waals surface area contributed by atoms with Crippen LogP contribution < -0.4 is 14.8 Å². The monoisotopic (exact) mass is 380 g/mol. The van der Waals surface area contributed by atoms with E-state index in [-0.39, 0.29) is 21.6 Å². The Morgan fingerprint density at radius 3 is 2.56 bits per heavy atom. The van der Waals surface area contributed by atoms with Gasteiger partial charge in [-0.25, -0.2) is 8.42 Å². The number of amides is 1. The van der Waals surface area contributed by atoms with E-state index in [0.717, 1.165) is 12.0 Å². The van der Waals surface area contributed by atoms with Crippen LogP contribution in [0.25, 0.3) is 0 Å². The highest BCUT2D eigenvalue weighted by Gasteiger charge is 2.28. The van der Waals surface area contributed by atoms with E-state index < -0.39 is 16.1 Å². The molecule has 2 aromatic rings. The van der Waals surface area contributed by atoms with Crippen LogP contribution in [0.1, 0.15) is 19.4 Å². The van der Waals surface area contributed by atoms with E-state index in [2.05, 4.69) is 10.0 Å². The van der Waals surface area contributed by atoms with Crippen molar-refractivity contribution in [3.8, 4) is 5.75 Å². The first-order chi connectivity index (χ1) is 11.8. The maximum atomic E-state index is 12.7. The van der Waals surface area contributed by atoms with E-state index in [9.17, 15) is 13.2 Å². The molecule has 1 unspecified atom stereocenters. The fraction of sp³-hybridized carbons (Fsp3) is 0.235. The van der Waals surface area contributed by atoms with Crippen molar-refractivity contribution in [3.63, 3.8) is 0 Å². The maximum Gasteiger partial charge on any atom is 0.265 e. The molecule has 1 aliphatic heterocycles. The molecular weight excluding hydrogens is 364 g/mol. The molecule has 1 amide bonds. The molecule has 2 aromatic carbocycles. The number of carbonyl (C=O) groups excluding carboxylic acids is 1.